The summed E-state index contributed by atoms with van der Waals surface area (Å²) in [5, 5.41) is 10.8. The molecule has 0 aromatic carbocycles. The number of rotatable bonds is 3. The van der Waals surface area contributed by atoms with Crippen LogP contribution in [-0.2, 0) is 11.9 Å². The van der Waals surface area contributed by atoms with Gasteiger partial charge in [-0.05, 0) is 13.0 Å². The molecule has 0 aliphatic heterocycles. The molecular weight excluding hydrogens is 373 g/mol. The molecule has 3 rings (SSSR count). The fraction of sp³-hybridized carbons (Fsp3) is 0.200. The Labute approximate surface area is 147 Å². The van der Waals surface area contributed by atoms with E-state index >= 15 is 0 Å². The number of alkyl halides is 3. The van der Waals surface area contributed by atoms with Gasteiger partial charge < -0.3 is 0 Å². The summed E-state index contributed by atoms with van der Waals surface area (Å²) in [5.41, 5.74) is -1.21. The molecule has 128 valence electrons. The van der Waals surface area contributed by atoms with Crippen molar-refractivity contribution < 1.29 is 13.2 Å². The minimum atomic E-state index is -4.64. The number of hydrogen-bond donors (Lipinski definition) is 0. The van der Waals surface area contributed by atoms with Crippen LogP contribution in [0.1, 0.15) is 22.5 Å². The first-order valence-corrected chi connectivity index (χ1v) is 8.73. The lowest BCUT2D eigenvalue weighted by molar-refractivity contribution is -0.138. The number of nitriles is 1. The molecule has 0 spiro atoms. The highest BCUT2D eigenvalue weighted by atomic mass is 32.2. The molecule has 0 radical (unpaired) electrons. The van der Waals surface area contributed by atoms with Crippen molar-refractivity contribution >= 4 is 28.1 Å². The van der Waals surface area contributed by atoms with Gasteiger partial charge >= 0.3 is 6.18 Å². The van der Waals surface area contributed by atoms with Crippen molar-refractivity contribution in [3.8, 4) is 6.07 Å². The lowest BCUT2D eigenvalue weighted by Crippen LogP contribution is -2.13. The second kappa shape index (κ2) is 6.50. The second-order valence-corrected chi connectivity index (χ2v) is 6.87. The van der Waals surface area contributed by atoms with Crippen LogP contribution in [0, 0.1) is 18.3 Å². The molecule has 0 fully saturated rings. The van der Waals surface area contributed by atoms with Crippen molar-refractivity contribution in [1.29, 1.82) is 5.26 Å². The number of hydrogen-bond acceptors (Lipinski definition) is 6. The van der Waals surface area contributed by atoms with Gasteiger partial charge in [0.05, 0.1) is 16.8 Å². The molecule has 10 heteroatoms. The van der Waals surface area contributed by atoms with Crippen molar-refractivity contribution in [2.75, 3.05) is 0 Å². The summed E-state index contributed by atoms with van der Waals surface area (Å²) in [5.74, 6) is 0.131. The summed E-state index contributed by atoms with van der Waals surface area (Å²) >= 11 is 2.23. The summed E-state index contributed by atoms with van der Waals surface area (Å²) in [6.07, 6.45) is -3.04. The molecule has 25 heavy (non-hydrogen) atoms. The monoisotopic (exact) mass is 382 g/mol. The third-order valence-corrected chi connectivity index (χ3v) is 5.01. The standard InChI is InChI=1S/C15H9F3N4OS2/c1-8-4-11(15(16,17)18)10(6-19)13(20-8)25-7-9-5-12(23)22-2-3-24-14(22)21-9/h2-5H,7H2,1H3. The topological polar surface area (TPSA) is 71.0 Å². The summed E-state index contributed by atoms with van der Waals surface area (Å²) in [4.78, 5) is 20.8. The van der Waals surface area contributed by atoms with Crippen molar-refractivity contribution in [2.24, 2.45) is 0 Å². The molecule has 3 aromatic heterocycles. The summed E-state index contributed by atoms with van der Waals surface area (Å²) in [6.45, 7) is 1.43. The first-order chi connectivity index (χ1) is 11.8. The van der Waals surface area contributed by atoms with Gasteiger partial charge in [-0.1, -0.05) is 11.8 Å². The number of fused-ring (bicyclic) bond motifs is 1. The minimum absolute atomic E-state index is 0.0250. The zero-order chi connectivity index (χ0) is 18.2. The van der Waals surface area contributed by atoms with Crippen LogP contribution in [0.15, 0.2) is 33.5 Å². The van der Waals surface area contributed by atoms with Crippen LogP contribution < -0.4 is 5.56 Å². The highest BCUT2D eigenvalue weighted by Gasteiger charge is 2.35. The summed E-state index contributed by atoms with van der Waals surface area (Å²) < 4.78 is 40.7. The average molecular weight is 382 g/mol. The first-order valence-electron chi connectivity index (χ1n) is 6.87. The van der Waals surface area contributed by atoms with E-state index in [-0.39, 0.29) is 22.0 Å². The van der Waals surface area contributed by atoms with Crippen LogP contribution in [0.25, 0.3) is 4.96 Å². The van der Waals surface area contributed by atoms with Gasteiger partial charge in [0, 0.05) is 29.1 Å². The summed E-state index contributed by atoms with van der Waals surface area (Å²) in [7, 11) is 0. The molecule has 0 aliphatic rings. The molecule has 0 atom stereocenters. The molecule has 0 saturated carbocycles. The second-order valence-electron chi connectivity index (χ2n) is 5.03. The fourth-order valence-electron chi connectivity index (χ4n) is 2.18. The predicted molar refractivity (Wildman–Crippen MR) is 87.6 cm³/mol. The van der Waals surface area contributed by atoms with Crippen molar-refractivity contribution in [1.82, 2.24) is 14.4 Å². The zero-order valence-corrected chi connectivity index (χ0v) is 14.3. The highest BCUT2D eigenvalue weighted by Crippen LogP contribution is 2.36. The van der Waals surface area contributed by atoms with E-state index in [0.29, 0.717) is 10.7 Å². The maximum Gasteiger partial charge on any atom is 0.417 e. The Bertz CT molecular complexity index is 1050. The van der Waals surface area contributed by atoms with Crippen LogP contribution in [0.2, 0.25) is 0 Å². The van der Waals surface area contributed by atoms with Gasteiger partial charge in [-0.25, -0.2) is 9.97 Å². The Morgan fingerprint density at radius 1 is 1.36 bits per heavy atom. The smallest absolute Gasteiger partial charge is 0.269 e. The Balaban J connectivity index is 1.96. The number of nitrogens with zero attached hydrogens (tertiary/aromatic N) is 4. The van der Waals surface area contributed by atoms with E-state index < -0.39 is 17.3 Å². The molecule has 0 aliphatic carbocycles. The van der Waals surface area contributed by atoms with E-state index in [1.165, 1.54) is 28.7 Å². The third-order valence-electron chi connectivity index (χ3n) is 3.24. The molecule has 0 bridgehead atoms. The molecule has 5 nitrogen and oxygen atoms in total. The Morgan fingerprint density at radius 2 is 2.12 bits per heavy atom. The maximum atomic E-state index is 13.1. The van der Waals surface area contributed by atoms with Gasteiger partial charge in [-0.15, -0.1) is 11.3 Å². The number of aromatic nitrogens is 3. The molecule has 0 unspecified atom stereocenters. The average Bonchev–Trinajstić information content (AvgIpc) is 3.00. The largest absolute Gasteiger partial charge is 0.417 e. The lowest BCUT2D eigenvalue weighted by atomic mass is 10.1. The molecule has 0 saturated heterocycles. The Hall–Kier alpha value is -2.38. The third kappa shape index (κ3) is 3.52. The van der Waals surface area contributed by atoms with Crippen LogP contribution in [-0.4, -0.2) is 14.4 Å². The summed E-state index contributed by atoms with van der Waals surface area (Å²) in [6, 6.07) is 3.75. The van der Waals surface area contributed by atoms with Crippen molar-refractivity contribution in [3.05, 3.63) is 56.6 Å². The quantitative estimate of drug-likeness (QED) is 0.647. The van der Waals surface area contributed by atoms with Crippen LogP contribution in [0.3, 0.4) is 0 Å². The highest BCUT2D eigenvalue weighted by molar-refractivity contribution is 7.98. The van der Waals surface area contributed by atoms with Crippen molar-refractivity contribution in [3.63, 3.8) is 0 Å². The van der Waals surface area contributed by atoms with E-state index in [1.54, 1.807) is 17.6 Å². The van der Waals surface area contributed by atoms with E-state index in [0.717, 1.165) is 17.8 Å². The Kier molecular flexibility index (Phi) is 4.53. The number of thiazole rings is 1. The lowest BCUT2D eigenvalue weighted by Gasteiger charge is -2.12. The molecule has 3 aromatic rings. The first kappa shape index (κ1) is 17.4. The van der Waals surface area contributed by atoms with Gasteiger partial charge in [0.15, 0.2) is 4.96 Å². The predicted octanol–water partition coefficient (Wildman–Crippen LogP) is 3.64. The Morgan fingerprint density at radius 3 is 2.80 bits per heavy atom. The SMILES string of the molecule is Cc1cc(C(F)(F)F)c(C#N)c(SCc2cc(=O)n3ccsc3n2)n1. The van der Waals surface area contributed by atoms with E-state index in [4.69, 9.17) is 5.26 Å². The van der Waals surface area contributed by atoms with Gasteiger partial charge in [0.25, 0.3) is 5.56 Å². The number of halogens is 3. The van der Waals surface area contributed by atoms with Gasteiger partial charge in [-0.3, -0.25) is 9.20 Å². The fourth-order valence-corrected chi connectivity index (χ4v) is 3.86. The van der Waals surface area contributed by atoms with E-state index in [9.17, 15) is 18.0 Å². The molecule has 0 N–H and O–H groups in total. The number of aryl methyl sites for hydroxylation is 1. The van der Waals surface area contributed by atoms with Gasteiger partial charge in [0.2, 0.25) is 0 Å². The molecule has 0 amide bonds. The van der Waals surface area contributed by atoms with Crippen LogP contribution in [0.5, 0.6) is 0 Å². The number of thioether (sulfide) groups is 1. The van der Waals surface area contributed by atoms with Gasteiger partial charge in [-0.2, -0.15) is 18.4 Å². The molecular formula is C15H9F3N4OS2. The van der Waals surface area contributed by atoms with Crippen LogP contribution >= 0.6 is 23.1 Å². The van der Waals surface area contributed by atoms with Crippen molar-refractivity contribution in [2.45, 2.75) is 23.9 Å². The van der Waals surface area contributed by atoms with Crippen LogP contribution in [0.4, 0.5) is 13.2 Å². The van der Waals surface area contributed by atoms with Gasteiger partial charge in [0.1, 0.15) is 11.1 Å². The number of pyridine rings is 1. The minimum Gasteiger partial charge on any atom is -0.269 e. The van der Waals surface area contributed by atoms with E-state index in [2.05, 4.69) is 9.97 Å². The van der Waals surface area contributed by atoms with E-state index in [1.807, 2.05) is 0 Å². The normalized spacial score (nSPS) is 11.6. The molecule has 3 heterocycles. The zero-order valence-electron chi connectivity index (χ0n) is 12.7. The maximum absolute atomic E-state index is 13.1.